The van der Waals surface area contributed by atoms with Crippen molar-refractivity contribution in [3.63, 3.8) is 0 Å². The predicted octanol–water partition coefficient (Wildman–Crippen LogP) is 5.34. The zero-order chi connectivity index (χ0) is 24.9. The number of rotatable bonds is 8. The Morgan fingerprint density at radius 1 is 0.917 bits per heavy atom. The summed E-state index contributed by atoms with van der Waals surface area (Å²) in [5, 5.41) is 22.9. The molecule has 1 aromatic heterocycles. The monoisotopic (exact) mass is 564 g/mol. The number of anilines is 1. The Balaban J connectivity index is 1.20. The highest BCUT2D eigenvalue weighted by Crippen LogP contribution is 2.33. The van der Waals surface area contributed by atoms with Gasteiger partial charge in [-0.05, 0) is 24.3 Å². The first-order valence-electron chi connectivity index (χ1n) is 12.0. The maximum absolute atomic E-state index is 10.8. The molecule has 0 spiro atoms. The maximum atomic E-state index is 10.8. The number of aromatic nitrogens is 2. The van der Waals surface area contributed by atoms with Gasteiger partial charge in [0, 0.05) is 59.3 Å². The van der Waals surface area contributed by atoms with Gasteiger partial charge in [-0.2, -0.15) is 0 Å². The molecule has 4 aromatic rings. The van der Waals surface area contributed by atoms with E-state index in [-0.39, 0.29) is 0 Å². The van der Waals surface area contributed by atoms with Crippen molar-refractivity contribution in [3.8, 4) is 17.0 Å². The van der Waals surface area contributed by atoms with Crippen LogP contribution < -0.4 is 9.64 Å². The molecule has 1 atom stereocenters. The summed E-state index contributed by atoms with van der Waals surface area (Å²) in [6.45, 7) is 4.28. The average Bonchev–Trinajstić information content (AvgIpc) is 2.92. The zero-order valence-electron chi connectivity index (χ0n) is 20.2. The van der Waals surface area contributed by atoms with Gasteiger partial charge >= 0.3 is 0 Å². The number of para-hydroxylation sites is 2. The van der Waals surface area contributed by atoms with Crippen LogP contribution in [0, 0.1) is 0 Å². The summed E-state index contributed by atoms with van der Waals surface area (Å²) in [6.07, 6.45) is -0.445. The number of benzene rings is 3. The summed E-state index contributed by atoms with van der Waals surface area (Å²) < 4.78 is 6.55. The number of aliphatic hydroxyl groups is 1. The lowest BCUT2D eigenvalue weighted by molar-refractivity contribution is 0.126. The highest BCUT2D eigenvalue weighted by atomic mass is 79.9. The standard InChI is InChI=1S/C28H29BrN4O2S/c1-35-26-9-5-4-8-25(26)33-16-14-32(15-17-33)18-22(34)19-36-28-24-7-3-2-6-23(24)27(30-31-28)20-10-12-21(29)13-11-20/h2-13,22,34H,14-19H2,1H3. The Labute approximate surface area is 224 Å². The quantitative estimate of drug-likeness (QED) is 0.290. The van der Waals surface area contributed by atoms with E-state index in [4.69, 9.17) is 4.74 Å². The number of thioether (sulfide) groups is 1. The first-order chi connectivity index (χ1) is 17.6. The summed E-state index contributed by atoms with van der Waals surface area (Å²) in [7, 11) is 1.71. The molecule has 1 aliphatic rings. The predicted molar refractivity (Wildman–Crippen MR) is 151 cm³/mol. The molecule has 1 unspecified atom stereocenters. The third-order valence-electron chi connectivity index (χ3n) is 6.45. The van der Waals surface area contributed by atoms with E-state index >= 15 is 0 Å². The summed E-state index contributed by atoms with van der Waals surface area (Å²) in [5.41, 5.74) is 3.04. The SMILES string of the molecule is COc1ccccc1N1CCN(CC(O)CSc2nnc(-c3ccc(Br)cc3)c3ccccc23)CC1. The minimum Gasteiger partial charge on any atom is -0.495 e. The van der Waals surface area contributed by atoms with E-state index in [1.54, 1.807) is 18.9 Å². The molecule has 0 radical (unpaired) electrons. The number of hydrogen-bond acceptors (Lipinski definition) is 7. The van der Waals surface area contributed by atoms with Crippen LogP contribution in [0.5, 0.6) is 5.75 Å². The fourth-order valence-corrected chi connectivity index (χ4v) is 5.75. The summed E-state index contributed by atoms with van der Waals surface area (Å²) in [4.78, 5) is 4.68. The van der Waals surface area contributed by atoms with Gasteiger partial charge in [0.05, 0.1) is 18.9 Å². The van der Waals surface area contributed by atoms with Gasteiger partial charge in [0.1, 0.15) is 16.5 Å². The molecular weight excluding hydrogens is 536 g/mol. The normalized spacial score (nSPS) is 15.2. The molecule has 1 saturated heterocycles. The van der Waals surface area contributed by atoms with Crippen molar-refractivity contribution in [1.82, 2.24) is 15.1 Å². The number of methoxy groups -OCH3 is 1. The van der Waals surface area contributed by atoms with Gasteiger partial charge in [-0.15, -0.1) is 22.0 Å². The Morgan fingerprint density at radius 2 is 1.61 bits per heavy atom. The van der Waals surface area contributed by atoms with Crippen molar-refractivity contribution in [2.24, 2.45) is 0 Å². The van der Waals surface area contributed by atoms with Gasteiger partial charge < -0.3 is 14.7 Å². The molecule has 1 aliphatic heterocycles. The summed E-state index contributed by atoms with van der Waals surface area (Å²) >= 11 is 5.06. The molecule has 0 bridgehead atoms. The van der Waals surface area contributed by atoms with Crippen molar-refractivity contribution >= 4 is 44.2 Å². The lowest BCUT2D eigenvalue weighted by atomic mass is 10.1. The topological polar surface area (TPSA) is 61.7 Å². The second-order valence-corrected chi connectivity index (χ2v) is 10.8. The van der Waals surface area contributed by atoms with Crippen LogP contribution in [0.4, 0.5) is 5.69 Å². The smallest absolute Gasteiger partial charge is 0.142 e. The molecule has 0 aliphatic carbocycles. The van der Waals surface area contributed by atoms with E-state index in [0.717, 1.165) is 69.1 Å². The van der Waals surface area contributed by atoms with Crippen LogP contribution in [-0.2, 0) is 0 Å². The molecule has 6 nitrogen and oxygen atoms in total. The molecule has 8 heteroatoms. The maximum Gasteiger partial charge on any atom is 0.142 e. The van der Waals surface area contributed by atoms with Crippen LogP contribution in [-0.4, -0.2) is 71.9 Å². The third-order valence-corrected chi connectivity index (χ3v) is 8.11. The van der Waals surface area contributed by atoms with Crippen LogP contribution in [0.2, 0.25) is 0 Å². The van der Waals surface area contributed by atoms with Crippen molar-refractivity contribution in [2.75, 3.05) is 50.5 Å². The van der Waals surface area contributed by atoms with Gasteiger partial charge in [0.2, 0.25) is 0 Å². The number of β-amino-alcohol motifs (C(OH)–C–C–N with tert-alkyl or cyclic N) is 1. The Morgan fingerprint density at radius 3 is 2.36 bits per heavy atom. The highest BCUT2D eigenvalue weighted by Gasteiger charge is 2.22. The first-order valence-corrected chi connectivity index (χ1v) is 13.8. The fourth-order valence-electron chi connectivity index (χ4n) is 4.60. The Bertz CT molecular complexity index is 1310. The van der Waals surface area contributed by atoms with Gasteiger partial charge in [0.15, 0.2) is 0 Å². The molecule has 3 aromatic carbocycles. The van der Waals surface area contributed by atoms with E-state index in [1.165, 1.54) is 0 Å². The molecular formula is C28H29BrN4O2S. The minimum absolute atomic E-state index is 0.445. The zero-order valence-corrected chi connectivity index (χ0v) is 22.6. The highest BCUT2D eigenvalue weighted by molar-refractivity contribution is 9.10. The largest absolute Gasteiger partial charge is 0.495 e. The molecule has 1 fully saturated rings. The molecule has 0 amide bonds. The van der Waals surface area contributed by atoms with Gasteiger partial charge in [-0.25, -0.2) is 0 Å². The number of fused-ring (bicyclic) bond motifs is 1. The first kappa shape index (κ1) is 25.0. The molecule has 36 heavy (non-hydrogen) atoms. The molecule has 0 saturated carbocycles. The second kappa shape index (κ2) is 11.6. The number of aliphatic hydroxyl groups excluding tert-OH is 1. The number of nitrogens with zero attached hydrogens (tertiary/aromatic N) is 4. The van der Waals surface area contributed by atoms with E-state index < -0.39 is 6.10 Å². The summed E-state index contributed by atoms with van der Waals surface area (Å²) in [5.74, 6) is 1.48. The van der Waals surface area contributed by atoms with Crippen LogP contribution in [0.15, 0.2) is 82.3 Å². The van der Waals surface area contributed by atoms with Crippen molar-refractivity contribution < 1.29 is 9.84 Å². The van der Waals surface area contributed by atoms with Crippen LogP contribution >= 0.6 is 27.7 Å². The minimum atomic E-state index is -0.445. The number of ether oxygens (including phenoxy) is 1. The second-order valence-electron chi connectivity index (χ2n) is 8.83. The molecule has 186 valence electrons. The lowest BCUT2D eigenvalue weighted by Gasteiger charge is -2.37. The third kappa shape index (κ3) is 5.67. The van der Waals surface area contributed by atoms with Crippen LogP contribution in [0.3, 0.4) is 0 Å². The Kier molecular flexibility index (Phi) is 8.06. The van der Waals surface area contributed by atoms with E-state index in [0.29, 0.717) is 12.3 Å². The summed E-state index contributed by atoms with van der Waals surface area (Å²) in [6, 6.07) is 24.5. The molecule has 5 rings (SSSR count). The van der Waals surface area contributed by atoms with E-state index in [9.17, 15) is 5.11 Å². The lowest BCUT2D eigenvalue weighted by Crippen LogP contribution is -2.49. The van der Waals surface area contributed by atoms with Crippen molar-refractivity contribution in [3.05, 3.63) is 77.3 Å². The van der Waals surface area contributed by atoms with Crippen molar-refractivity contribution in [2.45, 2.75) is 11.1 Å². The van der Waals surface area contributed by atoms with Gasteiger partial charge in [0.25, 0.3) is 0 Å². The van der Waals surface area contributed by atoms with Gasteiger partial charge in [-0.1, -0.05) is 64.5 Å². The number of hydrogen-bond donors (Lipinski definition) is 1. The average molecular weight is 566 g/mol. The molecule has 2 heterocycles. The number of piperazine rings is 1. The van der Waals surface area contributed by atoms with E-state index in [2.05, 4.69) is 54.1 Å². The van der Waals surface area contributed by atoms with Crippen LogP contribution in [0.1, 0.15) is 0 Å². The van der Waals surface area contributed by atoms with Crippen molar-refractivity contribution in [1.29, 1.82) is 0 Å². The van der Waals surface area contributed by atoms with Gasteiger partial charge in [-0.3, -0.25) is 4.90 Å². The number of halogens is 1. The molecule has 1 N–H and O–H groups in total. The Hall–Kier alpha value is -2.65. The van der Waals surface area contributed by atoms with Crippen LogP contribution in [0.25, 0.3) is 22.0 Å². The van der Waals surface area contributed by atoms with E-state index in [1.807, 2.05) is 54.6 Å². The fraction of sp³-hybridized carbons (Fsp3) is 0.286.